The highest BCUT2D eigenvalue weighted by Crippen LogP contribution is 2.28. The molecule has 146 valence electrons. The Balaban J connectivity index is 1.37. The molecule has 3 aromatic carbocycles. The Bertz CT molecular complexity index is 1000. The van der Waals surface area contributed by atoms with Crippen LogP contribution in [0.3, 0.4) is 0 Å². The number of carbonyl (C=O) groups excluding carboxylic acids is 2. The minimum absolute atomic E-state index is 0.156. The minimum atomic E-state index is -0.617. The molecule has 0 saturated carbocycles. The van der Waals surface area contributed by atoms with Crippen LogP contribution in [0, 0.1) is 0 Å². The number of anilines is 1. The summed E-state index contributed by atoms with van der Waals surface area (Å²) in [5.41, 5.74) is 4.26. The van der Waals surface area contributed by atoms with Crippen LogP contribution >= 0.6 is 0 Å². The smallest absolute Gasteiger partial charge is 0.258 e. The molecule has 1 atom stereocenters. The molecule has 0 spiro atoms. The zero-order valence-electron chi connectivity index (χ0n) is 15.9. The molecule has 0 aromatic heterocycles. The van der Waals surface area contributed by atoms with Crippen molar-refractivity contribution in [2.45, 2.75) is 19.1 Å². The standard InChI is InChI=1S/C24H22N2O3/c27-23(25-16-17-6-2-1-3-7-17)19-10-12-20(13-11-19)26-24(28)22-21-9-5-4-8-18(21)14-15-29-22/h1-13,22H,14-16H2,(H,25,27)(H,26,28). The van der Waals surface area contributed by atoms with Crippen LogP contribution in [0.2, 0.25) is 0 Å². The molecular formula is C24H22N2O3. The van der Waals surface area contributed by atoms with Gasteiger partial charge >= 0.3 is 0 Å². The van der Waals surface area contributed by atoms with Gasteiger partial charge in [-0.15, -0.1) is 0 Å². The molecule has 2 N–H and O–H groups in total. The Labute approximate surface area is 169 Å². The van der Waals surface area contributed by atoms with Crippen LogP contribution < -0.4 is 10.6 Å². The van der Waals surface area contributed by atoms with Gasteiger partial charge in [0.2, 0.25) is 0 Å². The van der Waals surface area contributed by atoms with E-state index in [1.807, 2.05) is 54.6 Å². The van der Waals surface area contributed by atoms with Gasteiger partial charge in [0, 0.05) is 17.8 Å². The molecule has 5 nitrogen and oxygen atoms in total. The van der Waals surface area contributed by atoms with Crippen molar-refractivity contribution < 1.29 is 14.3 Å². The van der Waals surface area contributed by atoms with Crippen molar-refractivity contribution in [2.75, 3.05) is 11.9 Å². The third-order valence-electron chi connectivity index (χ3n) is 4.94. The summed E-state index contributed by atoms with van der Waals surface area (Å²) in [7, 11) is 0. The molecule has 4 rings (SSSR count). The molecule has 3 aromatic rings. The Hall–Kier alpha value is -3.44. The van der Waals surface area contributed by atoms with Gasteiger partial charge in [0.25, 0.3) is 11.8 Å². The maximum absolute atomic E-state index is 12.7. The molecule has 0 fully saturated rings. The molecule has 2 amide bonds. The van der Waals surface area contributed by atoms with E-state index in [1.54, 1.807) is 24.3 Å². The maximum Gasteiger partial charge on any atom is 0.258 e. The van der Waals surface area contributed by atoms with Crippen LogP contribution in [0.1, 0.15) is 33.2 Å². The average Bonchev–Trinajstić information content (AvgIpc) is 2.78. The van der Waals surface area contributed by atoms with E-state index in [0.29, 0.717) is 24.4 Å². The van der Waals surface area contributed by atoms with Crippen molar-refractivity contribution in [1.29, 1.82) is 0 Å². The van der Waals surface area contributed by atoms with Crippen LogP contribution in [0.5, 0.6) is 0 Å². The second-order valence-electron chi connectivity index (χ2n) is 6.93. The Morgan fingerprint density at radius 1 is 0.897 bits per heavy atom. The van der Waals surface area contributed by atoms with Gasteiger partial charge in [0.15, 0.2) is 6.10 Å². The third kappa shape index (κ3) is 4.52. The van der Waals surface area contributed by atoms with Crippen molar-refractivity contribution in [3.63, 3.8) is 0 Å². The Kier molecular flexibility index (Phi) is 5.68. The number of hydrogen-bond donors (Lipinski definition) is 2. The summed E-state index contributed by atoms with van der Waals surface area (Å²) in [6.45, 7) is 0.992. The van der Waals surface area contributed by atoms with E-state index in [9.17, 15) is 9.59 Å². The lowest BCUT2D eigenvalue weighted by molar-refractivity contribution is -0.128. The Morgan fingerprint density at radius 3 is 2.41 bits per heavy atom. The number of amides is 2. The largest absolute Gasteiger partial charge is 0.363 e. The summed E-state index contributed by atoms with van der Waals surface area (Å²) >= 11 is 0. The normalized spacial score (nSPS) is 15.2. The van der Waals surface area contributed by atoms with E-state index in [1.165, 1.54) is 0 Å². The fourth-order valence-electron chi connectivity index (χ4n) is 3.40. The number of benzene rings is 3. The van der Waals surface area contributed by atoms with Crippen molar-refractivity contribution >= 4 is 17.5 Å². The topological polar surface area (TPSA) is 67.4 Å². The van der Waals surface area contributed by atoms with E-state index in [-0.39, 0.29) is 11.8 Å². The van der Waals surface area contributed by atoms with Crippen LogP contribution in [-0.4, -0.2) is 18.4 Å². The zero-order chi connectivity index (χ0) is 20.1. The summed E-state index contributed by atoms with van der Waals surface area (Å²) in [5, 5.41) is 5.77. The van der Waals surface area contributed by atoms with Crippen molar-refractivity contribution in [3.8, 4) is 0 Å². The summed E-state index contributed by atoms with van der Waals surface area (Å²) in [4.78, 5) is 25.0. The van der Waals surface area contributed by atoms with E-state index >= 15 is 0 Å². The molecular weight excluding hydrogens is 364 g/mol. The van der Waals surface area contributed by atoms with Gasteiger partial charge in [-0.25, -0.2) is 0 Å². The lowest BCUT2D eigenvalue weighted by Crippen LogP contribution is -2.28. The number of rotatable bonds is 5. The second kappa shape index (κ2) is 8.71. The number of nitrogens with one attached hydrogen (secondary N) is 2. The molecule has 0 bridgehead atoms. The fraction of sp³-hybridized carbons (Fsp3) is 0.167. The highest BCUT2D eigenvalue weighted by Gasteiger charge is 2.27. The van der Waals surface area contributed by atoms with Crippen LogP contribution in [0.25, 0.3) is 0 Å². The third-order valence-corrected chi connectivity index (χ3v) is 4.94. The van der Waals surface area contributed by atoms with Crippen LogP contribution in [0.4, 0.5) is 5.69 Å². The molecule has 1 unspecified atom stereocenters. The SMILES string of the molecule is O=C(NCc1ccccc1)c1ccc(NC(=O)C2OCCc3ccccc32)cc1. The number of fused-ring (bicyclic) bond motifs is 1. The first kappa shape index (κ1) is 18.9. The minimum Gasteiger partial charge on any atom is -0.363 e. The van der Waals surface area contributed by atoms with E-state index in [4.69, 9.17) is 4.74 Å². The molecule has 29 heavy (non-hydrogen) atoms. The first-order valence-corrected chi connectivity index (χ1v) is 9.63. The van der Waals surface area contributed by atoms with Crippen LogP contribution in [-0.2, 0) is 22.5 Å². The summed E-state index contributed by atoms with van der Waals surface area (Å²) < 4.78 is 5.70. The van der Waals surface area contributed by atoms with Gasteiger partial charge in [-0.05, 0) is 47.4 Å². The van der Waals surface area contributed by atoms with E-state index in [0.717, 1.165) is 23.1 Å². The van der Waals surface area contributed by atoms with E-state index < -0.39 is 6.10 Å². The summed E-state index contributed by atoms with van der Waals surface area (Å²) in [5.74, 6) is -0.366. The van der Waals surface area contributed by atoms with Crippen molar-refractivity contribution in [2.24, 2.45) is 0 Å². The highest BCUT2D eigenvalue weighted by molar-refractivity contribution is 5.97. The molecule has 5 heteroatoms. The van der Waals surface area contributed by atoms with Gasteiger partial charge in [-0.3, -0.25) is 9.59 Å². The molecule has 1 heterocycles. The van der Waals surface area contributed by atoms with Gasteiger partial charge in [0.05, 0.1) is 6.61 Å². The van der Waals surface area contributed by atoms with Gasteiger partial charge in [-0.2, -0.15) is 0 Å². The molecule has 0 radical (unpaired) electrons. The molecule has 0 saturated heterocycles. The summed E-state index contributed by atoms with van der Waals surface area (Å²) in [6, 6.07) is 24.4. The molecule has 1 aliphatic rings. The summed E-state index contributed by atoms with van der Waals surface area (Å²) in [6.07, 6.45) is 0.195. The first-order valence-electron chi connectivity index (χ1n) is 9.63. The van der Waals surface area contributed by atoms with Gasteiger partial charge in [-0.1, -0.05) is 54.6 Å². The zero-order valence-corrected chi connectivity index (χ0v) is 15.9. The monoisotopic (exact) mass is 386 g/mol. The fourth-order valence-corrected chi connectivity index (χ4v) is 3.40. The predicted octanol–water partition coefficient (Wildman–Crippen LogP) is 3.87. The van der Waals surface area contributed by atoms with E-state index in [2.05, 4.69) is 10.6 Å². The van der Waals surface area contributed by atoms with Crippen molar-refractivity contribution in [3.05, 3.63) is 101 Å². The second-order valence-corrected chi connectivity index (χ2v) is 6.93. The van der Waals surface area contributed by atoms with Gasteiger partial charge < -0.3 is 15.4 Å². The lowest BCUT2D eigenvalue weighted by atomic mass is 9.97. The van der Waals surface area contributed by atoms with Crippen molar-refractivity contribution in [1.82, 2.24) is 5.32 Å². The quantitative estimate of drug-likeness (QED) is 0.700. The Morgan fingerprint density at radius 2 is 1.62 bits per heavy atom. The number of hydrogen-bond acceptors (Lipinski definition) is 3. The number of ether oxygens (including phenoxy) is 1. The number of carbonyl (C=O) groups is 2. The highest BCUT2D eigenvalue weighted by atomic mass is 16.5. The predicted molar refractivity (Wildman–Crippen MR) is 112 cm³/mol. The maximum atomic E-state index is 12.7. The molecule has 0 aliphatic carbocycles. The van der Waals surface area contributed by atoms with Gasteiger partial charge in [0.1, 0.15) is 0 Å². The lowest BCUT2D eigenvalue weighted by Gasteiger charge is -2.25. The average molecular weight is 386 g/mol. The van der Waals surface area contributed by atoms with Crippen LogP contribution in [0.15, 0.2) is 78.9 Å². The molecule has 1 aliphatic heterocycles. The first-order chi connectivity index (χ1) is 14.2.